The second-order valence-corrected chi connectivity index (χ2v) is 10.1. The van der Waals surface area contributed by atoms with Crippen molar-refractivity contribution < 1.29 is 13.2 Å². The normalized spacial score (nSPS) is 12.0. The van der Waals surface area contributed by atoms with Crippen molar-refractivity contribution >= 4 is 38.2 Å². The van der Waals surface area contributed by atoms with Gasteiger partial charge in [-0.1, -0.05) is 12.1 Å². The van der Waals surface area contributed by atoms with Crippen molar-refractivity contribution in [3.8, 4) is 0 Å². The number of aromatic nitrogens is 3. The van der Waals surface area contributed by atoms with Gasteiger partial charge in [-0.15, -0.1) is 0 Å². The number of nitrogens with one attached hydrogen (secondary N) is 2. The lowest BCUT2D eigenvalue weighted by atomic mass is 10.1. The summed E-state index contributed by atoms with van der Waals surface area (Å²) in [4.78, 5) is 17.5. The topological polar surface area (TPSA) is 105 Å². The second-order valence-electron chi connectivity index (χ2n) is 8.36. The predicted octanol–water partition coefficient (Wildman–Crippen LogP) is 3.76. The number of sulfonamides is 1. The van der Waals surface area contributed by atoms with Gasteiger partial charge in [0.1, 0.15) is 0 Å². The van der Waals surface area contributed by atoms with Crippen molar-refractivity contribution in [3.63, 3.8) is 0 Å². The maximum absolute atomic E-state index is 12.6. The Balaban J connectivity index is 1.46. The van der Waals surface area contributed by atoms with E-state index in [1.54, 1.807) is 26.0 Å². The summed E-state index contributed by atoms with van der Waals surface area (Å²) < 4.78 is 28.9. The van der Waals surface area contributed by atoms with E-state index in [4.69, 9.17) is 4.98 Å². The van der Waals surface area contributed by atoms with E-state index >= 15 is 0 Å². The third-order valence-electron chi connectivity index (χ3n) is 5.46. The Labute approximate surface area is 193 Å². The first kappa shape index (κ1) is 22.9. The Morgan fingerprint density at radius 1 is 1.06 bits per heavy atom. The molecular formula is C24H27N5O3S. The molecule has 2 aromatic carbocycles. The first-order valence-electron chi connectivity index (χ1n) is 10.8. The van der Waals surface area contributed by atoms with Crippen molar-refractivity contribution in [2.75, 3.05) is 5.32 Å². The van der Waals surface area contributed by atoms with Crippen LogP contribution in [-0.4, -0.2) is 35.0 Å². The van der Waals surface area contributed by atoms with Crippen molar-refractivity contribution in [2.45, 2.75) is 51.5 Å². The summed E-state index contributed by atoms with van der Waals surface area (Å²) in [5, 5.41) is 8.49. The third kappa shape index (κ3) is 4.74. The molecule has 0 atom stereocenters. The fourth-order valence-corrected chi connectivity index (χ4v) is 5.15. The maximum Gasteiger partial charge on any atom is 0.240 e. The summed E-state index contributed by atoms with van der Waals surface area (Å²) >= 11 is 0. The molecule has 0 saturated heterocycles. The third-order valence-corrected chi connectivity index (χ3v) is 7.13. The molecule has 172 valence electrons. The number of aryl methyl sites for hydroxylation is 2. The molecule has 0 unspecified atom stereocenters. The molecule has 2 aromatic heterocycles. The summed E-state index contributed by atoms with van der Waals surface area (Å²) in [6, 6.07) is 13.8. The predicted molar refractivity (Wildman–Crippen MR) is 129 cm³/mol. The summed E-state index contributed by atoms with van der Waals surface area (Å²) in [6.07, 6.45) is 0.790. The van der Waals surface area contributed by atoms with Gasteiger partial charge in [0.15, 0.2) is 5.65 Å². The zero-order valence-electron chi connectivity index (χ0n) is 19.1. The average molecular weight is 466 g/mol. The van der Waals surface area contributed by atoms with Crippen LogP contribution in [0.4, 0.5) is 5.69 Å². The smallest absolute Gasteiger partial charge is 0.240 e. The molecule has 0 radical (unpaired) electrons. The van der Waals surface area contributed by atoms with Gasteiger partial charge in [-0.25, -0.2) is 22.6 Å². The number of nitrogens with zero attached hydrogens (tertiary/aromatic N) is 3. The quantitative estimate of drug-likeness (QED) is 0.432. The minimum atomic E-state index is -3.57. The van der Waals surface area contributed by atoms with E-state index in [-0.39, 0.29) is 23.3 Å². The fraction of sp³-hybridized carbons (Fsp3) is 0.292. The number of amides is 1. The summed E-state index contributed by atoms with van der Waals surface area (Å²) in [7, 11) is -3.57. The highest BCUT2D eigenvalue weighted by Crippen LogP contribution is 2.23. The van der Waals surface area contributed by atoms with Crippen LogP contribution in [0.25, 0.3) is 16.6 Å². The Hall–Kier alpha value is -3.30. The van der Waals surface area contributed by atoms with Gasteiger partial charge < -0.3 is 5.32 Å². The van der Waals surface area contributed by atoms with Crippen LogP contribution in [0, 0.1) is 13.8 Å². The highest BCUT2D eigenvalue weighted by Gasteiger charge is 2.17. The van der Waals surface area contributed by atoms with Crippen molar-refractivity contribution in [3.05, 3.63) is 65.5 Å². The van der Waals surface area contributed by atoms with Gasteiger partial charge in [0, 0.05) is 34.9 Å². The molecule has 2 N–H and O–H groups in total. The molecule has 2 heterocycles. The zero-order chi connectivity index (χ0) is 23.8. The molecule has 0 fully saturated rings. The Morgan fingerprint density at radius 2 is 1.76 bits per heavy atom. The van der Waals surface area contributed by atoms with E-state index in [2.05, 4.69) is 15.1 Å². The average Bonchev–Trinajstić information content (AvgIpc) is 3.12. The van der Waals surface area contributed by atoms with Crippen LogP contribution < -0.4 is 10.0 Å². The van der Waals surface area contributed by atoms with Crippen LogP contribution in [0.15, 0.2) is 53.4 Å². The van der Waals surface area contributed by atoms with E-state index in [0.717, 1.165) is 33.5 Å². The highest BCUT2D eigenvalue weighted by molar-refractivity contribution is 7.89. The van der Waals surface area contributed by atoms with Crippen molar-refractivity contribution in [1.29, 1.82) is 0 Å². The van der Waals surface area contributed by atoms with E-state index < -0.39 is 10.0 Å². The summed E-state index contributed by atoms with van der Waals surface area (Å²) in [5.41, 5.74) is 5.09. The molecule has 0 bridgehead atoms. The van der Waals surface area contributed by atoms with Crippen LogP contribution in [0.5, 0.6) is 0 Å². The fourth-order valence-electron chi connectivity index (χ4n) is 3.90. The first-order valence-corrected chi connectivity index (χ1v) is 12.3. The number of carbonyl (C=O) groups is 1. The maximum atomic E-state index is 12.6. The standard InChI is InChI=1S/C24H27N5O3S/c1-15(2)28-33(31,32)19-11-9-18(10-12-19)26-23(30)14-13-20-16(3)25-24-21-7-5-6-8-22(21)27-29(24)17(20)4/h5-12,15,28H,13-14H2,1-4H3,(H,26,30). The minimum absolute atomic E-state index is 0.157. The number of hydrogen-bond acceptors (Lipinski definition) is 5. The Kier molecular flexibility index (Phi) is 6.18. The molecule has 0 aliphatic heterocycles. The second kappa shape index (κ2) is 8.92. The minimum Gasteiger partial charge on any atom is -0.326 e. The van der Waals surface area contributed by atoms with E-state index in [1.807, 2.05) is 42.6 Å². The van der Waals surface area contributed by atoms with Crippen molar-refractivity contribution in [1.82, 2.24) is 19.3 Å². The van der Waals surface area contributed by atoms with Crippen LogP contribution in [0.1, 0.15) is 37.2 Å². The molecule has 0 aliphatic carbocycles. The molecular weight excluding hydrogens is 438 g/mol. The van der Waals surface area contributed by atoms with Gasteiger partial charge in [0.05, 0.1) is 10.4 Å². The molecule has 4 rings (SSSR count). The van der Waals surface area contributed by atoms with Gasteiger partial charge in [0.2, 0.25) is 15.9 Å². The van der Waals surface area contributed by atoms with E-state index in [1.165, 1.54) is 12.1 Å². The lowest BCUT2D eigenvalue weighted by molar-refractivity contribution is -0.116. The van der Waals surface area contributed by atoms with Gasteiger partial charge >= 0.3 is 0 Å². The Bertz CT molecular complexity index is 1440. The number of rotatable bonds is 7. The first-order chi connectivity index (χ1) is 15.7. The summed E-state index contributed by atoms with van der Waals surface area (Å²) in [6.45, 7) is 7.46. The molecule has 4 aromatic rings. The zero-order valence-corrected chi connectivity index (χ0v) is 19.9. The lowest BCUT2D eigenvalue weighted by Crippen LogP contribution is -2.30. The van der Waals surface area contributed by atoms with E-state index in [0.29, 0.717) is 12.1 Å². The number of carbonyl (C=O) groups excluding carboxylic acids is 1. The van der Waals surface area contributed by atoms with Crippen LogP contribution in [0.2, 0.25) is 0 Å². The number of anilines is 1. The van der Waals surface area contributed by atoms with Crippen molar-refractivity contribution in [2.24, 2.45) is 0 Å². The molecule has 33 heavy (non-hydrogen) atoms. The van der Waals surface area contributed by atoms with Gasteiger partial charge in [0.25, 0.3) is 0 Å². The van der Waals surface area contributed by atoms with Gasteiger partial charge in [-0.2, -0.15) is 5.10 Å². The van der Waals surface area contributed by atoms with Crippen LogP contribution in [-0.2, 0) is 21.2 Å². The Morgan fingerprint density at radius 3 is 2.45 bits per heavy atom. The van der Waals surface area contributed by atoms with Crippen LogP contribution in [0.3, 0.4) is 0 Å². The monoisotopic (exact) mass is 465 g/mol. The van der Waals surface area contributed by atoms with Crippen LogP contribution >= 0.6 is 0 Å². The number of benzene rings is 2. The molecule has 9 heteroatoms. The highest BCUT2D eigenvalue weighted by atomic mass is 32.2. The molecule has 8 nitrogen and oxygen atoms in total. The molecule has 1 amide bonds. The van der Waals surface area contributed by atoms with E-state index in [9.17, 15) is 13.2 Å². The largest absolute Gasteiger partial charge is 0.326 e. The number of hydrogen-bond donors (Lipinski definition) is 2. The SMILES string of the molecule is Cc1nc2c3ccccc3nn2c(C)c1CCC(=O)Nc1ccc(S(=O)(=O)NC(C)C)cc1. The van der Waals surface area contributed by atoms with Gasteiger partial charge in [-0.3, -0.25) is 4.79 Å². The lowest BCUT2D eigenvalue weighted by Gasteiger charge is -2.12. The molecule has 0 spiro atoms. The summed E-state index contributed by atoms with van der Waals surface area (Å²) in [5.74, 6) is -0.157. The molecule has 0 aliphatic rings. The molecule has 0 saturated carbocycles. The van der Waals surface area contributed by atoms with Gasteiger partial charge in [-0.05, 0) is 76.1 Å². The number of fused-ring (bicyclic) bond motifs is 3.